The van der Waals surface area contributed by atoms with Gasteiger partial charge in [-0.2, -0.15) is 5.10 Å². The fourth-order valence-corrected chi connectivity index (χ4v) is 1.34. The molecule has 0 unspecified atom stereocenters. The van der Waals surface area contributed by atoms with E-state index in [1.807, 2.05) is 0 Å². The van der Waals surface area contributed by atoms with Crippen LogP contribution in [0.4, 0.5) is 0 Å². The Hall–Kier alpha value is -1.50. The molecule has 0 amide bonds. The van der Waals surface area contributed by atoms with Crippen molar-refractivity contribution in [2.45, 2.75) is 0 Å². The number of aromatic amines is 1. The van der Waals surface area contributed by atoms with Crippen molar-refractivity contribution in [2.75, 3.05) is 0 Å². The Morgan fingerprint density at radius 3 is 3.00 bits per heavy atom. The molecule has 0 aliphatic carbocycles. The molecule has 0 aliphatic heterocycles. The summed E-state index contributed by atoms with van der Waals surface area (Å²) in [6.07, 6.45) is 1.70. The van der Waals surface area contributed by atoms with Crippen molar-refractivity contribution < 1.29 is 0 Å². The molecule has 62 valence electrons. The predicted molar refractivity (Wildman–Crippen MR) is 42.7 cm³/mol. The van der Waals surface area contributed by atoms with E-state index in [2.05, 4.69) is 20.5 Å². The van der Waals surface area contributed by atoms with E-state index in [9.17, 15) is 4.79 Å². The molecule has 0 bridgehead atoms. The number of hydrogen-bond donors (Lipinski definition) is 1. The van der Waals surface area contributed by atoms with Gasteiger partial charge in [0, 0.05) is 7.05 Å². The first kappa shape index (κ1) is 7.17. The highest BCUT2D eigenvalue weighted by Crippen LogP contribution is 2.13. The first-order valence-electron chi connectivity index (χ1n) is 3.18. The van der Waals surface area contributed by atoms with Gasteiger partial charge in [-0.25, -0.2) is 5.10 Å². The molecule has 0 radical (unpaired) electrons. The molecule has 0 aromatic carbocycles. The quantitative estimate of drug-likeness (QED) is 0.654. The summed E-state index contributed by atoms with van der Waals surface area (Å²) in [5.41, 5.74) is 0.612. The molecule has 0 fully saturated rings. The van der Waals surface area contributed by atoms with E-state index < -0.39 is 0 Å². The molecule has 2 aromatic heterocycles. The Balaban J connectivity index is 2.50. The highest BCUT2D eigenvalue weighted by molar-refractivity contribution is 7.12. The van der Waals surface area contributed by atoms with E-state index in [0.29, 0.717) is 10.7 Å². The van der Waals surface area contributed by atoms with Crippen molar-refractivity contribution in [2.24, 2.45) is 7.05 Å². The van der Waals surface area contributed by atoms with Gasteiger partial charge in [-0.3, -0.25) is 9.48 Å². The first-order chi connectivity index (χ1) is 5.75. The lowest BCUT2D eigenvalue weighted by molar-refractivity contribution is 0.715. The molecule has 1 N–H and O–H groups in total. The van der Waals surface area contributed by atoms with Crippen molar-refractivity contribution in [3.8, 4) is 10.7 Å². The molecule has 0 aliphatic rings. The fraction of sp³-hybridized carbons (Fsp3) is 0.200. The molecule has 0 saturated carbocycles. The third-order valence-electron chi connectivity index (χ3n) is 1.26. The molecule has 2 rings (SSSR count). The fourth-order valence-electron chi connectivity index (χ4n) is 0.785. The summed E-state index contributed by atoms with van der Waals surface area (Å²) in [5, 5.41) is 14.2. The third-order valence-corrected chi connectivity index (χ3v) is 2.03. The molecule has 6 nitrogen and oxygen atoms in total. The number of aryl methyl sites for hydroxylation is 1. The second-order valence-corrected chi connectivity index (χ2v) is 3.16. The number of rotatable bonds is 1. The van der Waals surface area contributed by atoms with Crippen LogP contribution in [0.15, 0.2) is 11.0 Å². The maximum atomic E-state index is 10.7. The maximum Gasteiger partial charge on any atom is 0.322 e. The minimum Gasteiger partial charge on any atom is -0.255 e. The summed E-state index contributed by atoms with van der Waals surface area (Å²) in [7, 11) is 1.76. The van der Waals surface area contributed by atoms with Gasteiger partial charge in [0.05, 0.1) is 6.20 Å². The second-order valence-electron chi connectivity index (χ2n) is 2.20. The van der Waals surface area contributed by atoms with Crippen LogP contribution in [-0.4, -0.2) is 25.2 Å². The third kappa shape index (κ3) is 1.14. The monoisotopic (exact) mass is 183 g/mol. The van der Waals surface area contributed by atoms with Crippen molar-refractivity contribution in [3.05, 3.63) is 15.9 Å². The summed E-state index contributed by atoms with van der Waals surface area (Å²) in [4.78, 5) is 10.5. The summed E-state index contributed by atoms with van der Waals surface area (Å²) >= 11 is 1.02. The minimum absolute atomic E-state index is 0.185. The largest absolute Gasteiger partial charge is 0.322 e. The Morgan fingerprint density at radius 2 is 2.50 bits per heavy atom. The molecule has 7 heteroatoms. The van der Waals surface area contributed by atoms with Crippen LogP contribution in [0.2, 0.25) is 0 Å². The zero-order valence-electron chi connectivity index (χ0n) is 6.18. The van der Waals surface area contributed by atoms with Gasteiger partial charge in [-0.05, 0) is 0 Å². The van der Waals surface area contributed by atoms with Crippen LogP contribution in [0, 0.1) is 0 Å². The van der Waals surface area contributed by atoms with Gasteiger partial charge >= 0.3 is 4.87 Å². The summed E-state index contributed by atoms with van der Waals surface area (Å²) in [6.45, 7) is 0. The Morgan fingerprint density at radius 1 is 1.67 bits per heavy atom. The van der Waals surface area contributed by atoms with Crippen LogP contribution in [0.3, 0.4) is 0 Å². The van der Waals surface area contributed by atoms with E-state index in [4.69, 9.17) is 0 Å². The van der Waals surface area contributed by atoms with Gasteiger partial charge in [-0.15, -0.1) is 5.10 Å². The lowest BCUT2D eigenvalue weighted by atomic mass is 10.5. The van der Waals surface area contributed by atoms with Gasteiger partial charge in [0.15, 0.2) is 5.01 Å². The van der Waals surface area contributed by atoms with Crippen molar-refractivity contribution in [1.29, 1.82) is 0 Å². The number of nitrogens with zero attached hydrogens (tertiary/aromatic N) is 4. The molecule has 2 aromatic rings. The van der Waals surface area contributed by atoms with Crippen LogP contribution in [-0.2, 0) is 7.05 Å². The zero-order valence-corrected chi connectivity index (χ0v) is 7.00. The smallest absolute Gasteiger partial charge is 0.255 e. The van der Waals surface area contributed by atoms with Gasteiger partial charge in [-0.1, -0.05) is 16.6 Å². The Labute approximate surface area is 70.9 Å². The van der Waals surface area contributed by atoms with E-state index in [0.717, 1.165) is 11.3 Å². The SMILES string of the molecule is Cn1cc(-c2n[nH]c(=O)s2)nn1. The van der Waals surface area contributed by atoms with Crippen LogP contribution >= 0.6 is 11.3 Å². The molecular formula is C5H5N5OS. The first-order valence-corrected chi connectivity index (χ1v) is 3.99. The average Bonchev–Trinajstić information content (AvgIpc) is 2.58. The number of H-pyrrole nitrogens is 1. The Bertz CT molecular complexity index is 440. The van der Waals surface area contributed by atoms with Crippen LogP contribution in [0.5, 0.6) is 0 Å². The van der Waals surface area contributed by atoms with Gasteiger partial charge < -0.3 is 0 Å². The highest BCUT2D eigenvalue weighted by Gasteiger charge is 2.06. The van der Waals surface area contributed by atoms with E-state index >= 15 is 0 Å². The molecule has 0 atom stereocenters. The van der Waals surface area contributed by atoms with Crippen molar-refractivity contribution in [3.63, 3.8) is 0 Å². The number of nitrogens with one attached hydrogen (secondary N) is 1. The zero-order chi connectivity index (χ0) is 8.55. The average molecular weight is 183 g/mol. The Kier molecular flexibility index (Phi) is 1.51. The second kappa shape index (κ2) is 2.52. The van der Waals surface area contributed by atoms with E-state index in [-0.39, 0.29) is 4.87 Å². The topological polar surface area (TPSA) is 76.5 Å². The molecule has 2 heterocycles. The normalized spacial score (nSPS) is 10.4. The predicted octanol–water partition coefficient (Wildman–Crippen LogP) is -0.373. The van der Waals surface area contributed by atoms with Crippen molar-refractivity contribution >= 4 is 11.3 Å². The van der Waals surface area contributed by atoms with Crippen molar-refractivity contribution in [1.82, 2.24) is 25.2 Å². The minimum atomic E-state index is -0.185. The highest BCUT2D eigenvalue weighted by atomic mass is 32.1. The van der Waals surface area contributed by atoms with E-state index in [1.165, 1.54) is 0 Å². The summed E-state index contributed by atoms with van der Waals surface area (Å²) in [5.74, 6) is 0. The van der Waals surface area contributed by atoms with Gasteiger partial charge in [0.25, 0.3) is 0 Å². The van der Waals surface area contributed by atoms with Crippen LogP contribution < -0.4 is 4.87 Å². The van der Waals surface area contributed by atoms with Crippen LogP contribution in [0.25, 0.3) is 10.7 Å². The molecule has 12 heavy (non-hydrogen) atoms. The molecule has 0 spiro atoms. The van der Waals surface area contributed by atoms with Crippen LogP contribution in [0.1, 0.15) is 0 Å². The number of hydrogen-bond acceptors (Lipinski definition) is 5. The molecule has 0 saturated heterocycles. The summed E-state index contributed by atoms with van der Waals surface area (Å²) in [6, 6.07) is 0. The summed E-state index contributed by atoms with van der Waals surface area (Å²) < 4.78 is 1.56. The van der Waals surface area contributed by atoms with Gasteiger partial charge in [0.1, 0.15) is 5.69 Å². The van der Waals surface area contributed by atoms with Gasteiger partial charge in [0.2, 0.25) is 0 Å². The number of aromatic nitrogens is 5. The lowest BCUT2D eigenvalue weighted by Crippen LogP contribution is -1.90. The van der Waals surface area contributed by atoms with E-state index in [1.54, 1.807) is 17.9 Å². The standard InChI is InChI=1S/C5H5N5OS/c1-10-2-3(6-9-10)4-7-8-5(11)12-4/h2H,1H3,(H,8,11). The lowest BCUT2D eigenvalue weighted by Gasteiger charge is -1.80. The maximum absolute atomic E-state index is 10.7. The molecular weight excluding hydrogens is 178 g/mol.